The van der Waals surface area contributed by atoms with E-state index in [1.165, 1.54) is 12.8 Å². The number of nitrogens with zero attached hydrogens (tertiary/aromatic N) is 3. The standard InChI is InChI=1S/C16H24N4O.2ClH/c1-19-11-12-20(14-3-2-8-18-16(14)19)15(21)5-4-13-6-9-17-10-7-13;;/h2-3,8,13,17H,4-7,9-12H2,1H3;2*1H. The third-order valence-corrected chi connectivity index (χ3v) is 4.60. The first-order valence-corrected chi connectivity index (χ1v) is 7.93. The number of hydrogen-bond donors (Lipinski definition) is 1. The maximum atomic E-state index is 12.6. The molecule has 0 saturated carbocycles. The van der Waals surface area contributed by atoms with Crippen molar-refractivity contribution in [2.24, 2.45) is 5.92 Å². The topological polar surface area (TPSA) is 48.5 Å². The molecule has 0 unspecified atom stereocenters. The Morgan fingerprint density at radius 3 is 2.78 bits per heavy atom. The molecule has 2 aliphatic heterocycles. The van der Waals surface area contributed by atoms with Gasteiger partial charge in [0.15, 0.2) is 5.82 Å². The maximum absolute atomic E-state index is 12.6. The third-order valence-electron chi connectivity index (χ3n) is 4.60. The number of aromatic nitrogens is 1. The van der Waals surface area contributed by atoms with Gasteiger partial charge in [-0.2, -0.15) is 0 Å². The van der Waals surface area contributed by atoms with Crippen LogP contribution in [-0.4, -0.2) is 44.1 Å². The fourth-order valence-corrected chi connectivity index (χ4v) is 3.26. The maximum Gasteiger partial charge on any atom is 0.227 e. The van der Waals surface area contributed by atoms with E-state index in [4.69, 9.17) is 0 Å². The van der Waals surface area contributed by atoms with E-state index in [0.717, 1.165) is 44.1 Å². The number of carbonyl (C=O) groups excluding carboxylic acids is 1. The van der Waals surface area contributed by atoms with Gasteiger partial charge in [0.25, 0.3) is 0 Å². The minimum atomic E-state index is 0. The van der Waals surface area contributed by atoms with Crippen molar-refractivity contribution in [2.45, 2.75) is 25.7 Å². The molecule has 1 amide bonds. The molecule has 23 heavy (non-hydrogen) atoms. The molecule has 3 heterocycles. The molecule has 7 heteroatoms. The van der Waals surface area contributed by atoms with Crippen molar-refractivity contribution in [1.82, 2.24) is 10.3 Å². The summed E-state index contributed by atoms with van der Waals surface area (Å²) in [6, 6.07) is 3.91. The van der Waals surface area contributed by atoms with Crippen LogP contribution in [0.5, 0.6) is 0 Å². The predicted molar refractivity (Wildman–Crippen MR) is 99.2 cm³/mol. The first kappa shape index (κ1) is 20.0. The van der Waals surface area contributed by atoms with Crippen molar-refractivity contribution in [3.63, 3.8) is 0 Å². The van der Waals surface area contributed by atoms with E-state index in [-0.39, 0.29) is 30.7 Å². The summed E-state index contributed by atoms with van der Waals surface area (Å²) < 4.78 is 0. The molecule has 2 aliphatic rings. The van der Waals surface area contributed by atoms with E-state index >= 15 is 0 Å². The molecule has 130 valence electrons. The molecule has 0 aliphatic carbocycles. The zero-order valence-electron chi connectivity index (χ0n) is 13.5. The number of amides is 1. The number of anilines is 2. The average Bonchev–Trinajstić information content (AvgIpc) is 2.54. The van der Waals surface area contributed by atoms with Gasteiger partial charge in [-0.25, -0.2) is 4.98 Å². The lowest BCUT2D eigenvalue weighted by Gasteiger charge is -2.34. The van der Waals surface area contributed by atoms with Crippen LogP contribution >= 0.6 is 24.8 Å². The summed E-state index contributed by atoms with van der Waals surface area (Å²) in [7, 11) is 2.03. The van der Waals surface area contributed by atoms with Gasteiger partial charge in [0.2, 0.25) is 5.91 Å². The highest BCUT2D eigenvalue weighted by molar-refractivity contribution is 5.97. The molecular weight excluding hydrogens is 335 g/mol. The summed E-state index contributed by atoms with van der Waals surface area (Å²) in [6.07, 6.45) is 5.87. The van der Waals surface area contributed by atoms with Crippen molar-refractivity contribution in [2.75, 3.05) is 43.0 Å². The number of hydrogen-bond acceptors (Lipinski definition) is 4. The molecule has 0 aromatic carbocycles. The van der Waals surface area contributed by atoms with Crippen molar-refractivity contribution < 1.29 is 4.79 Å². The van der Waals surface area contributed by atoms with Crippen LogP contribution in [0.15, 0.2) is 18.3 Å². The second-order valence-electron chi connectivity index (χ2n) is 6.05. The Kier molecular flexibility index (Phi) is 8.09. The first-order valence-electron chi connectivity index (χ1n) is 7.93. The zero-order chi connectivity index (χ0) is 14.7. The van der Waals surface area contributed by atoms with Gasteiger partial charge in [0, 0.05) is 32.8 Å². The van der Waals surface area contributed by atoms with Gasteiger partial charge in [-0.15, -0.1) is 24.8 Å². The average molecular weight is 361 g/mol. The highest BCUT2D eigenvalue weighted by atomic mass is 35.5. The Balaban J connectivity index is 0.00000132. The summed E-state index contributed by atoms with van der Waals surface area (Å²) >= 11 is 0. The highest BCUT2D eigenvalue weighted by Gasteiger charge is 2.26. The smallest absolute Gasteiger partial charge is 0.227 e. The second kappa shape index (κ2) is 9.30. The molecule has 1 N–H and O–H groups in total. The minimum absolute atomic E-state index is 0. The number of piperidine rings is 1. The molecule has 0 bridgehead atoms. The van der Waals surface area contributed by atoms with Crippen LogP contribution in [0, 0.1) is 5.92 Å². The summed E-state index contributed by atoms with van der Waals surface area (Å²) in [6.45, 7) is 3.81. The van der Waals surface area contributed by atoms with Gasteiger partial charge in [-0.3, -0.25) is 4.79 Å². The minimum Gasteiger partial charge on any atom is -0.356 e. The van der Waals surface area contributed by atoms with Gasteiger partial charge in [-0.05, 0) is 50.4 Å². The van der Waals surface area contributed by atoms with Crippen LogP contribution in [0.25, 0.3) is 0 Å². The van der Waals surface area contributed by atoms with E-state index < -0.39 is 0 Å². The quantitative estimate of drug-likeness (QED) is 0.899. The van der Waals surface area contributed by atoms with Crippen LogP contribution in [0.3, 0.4) is 0 Å². The molecular formula is C16H26Cl2N4O. The van der Waals surface area contributed by atoms with Crippen LogP contribution in [-0.2, 0) is 4.79 Å². The predicted octanol–water partition coefficient (Wildman–Crippen LogP) is 2.49. The fraction of sp³-hybridized carbons (Fsp3) is 0.625. The molecule has 3 rings (SSSR count). The SMILES string of the molecule is CN1CCN(C(=O)CCC2CCNCC2)c2cccnc21.Cl.Cl. The number of pyridine rings is 1. The van der Waals surface area contributed by atoms with E-state index in [2.05, 4.69) is 15.2 Å². The van der Waals surface area contributed by atoms with E-state index in [1.54, 1.807) is 6.20 Å². The second-order valence-corrected chi connectivity index (χ2v) is 6.05. The molecule has 5 nitrogen and oxygen atoms in total. The highest BCUT2D eigenvalue weighted by Crippen LogP contribution is 2.30. The summed E-state index contributed by atoms with van der Waals surface area (Å²) in [5, 5.41) is 3.37. The number of nitrogens with one attached hydrogen (secondary N) is 1. The molecule has 0 radical (unpaired) electrons. The monoisotopic (exact) mass is 360 g/mol. The van der Waals surface area contributed by atoms with Crippen LogP contribution in [0.4, 0.5) is 11.5 Å². The Morgan fingerprint density at radius 2 is 2.04 bits per heavy atom. The Morgan fingerprint density at radius 1 is 1.30 bits per heavy atom. The van der Waals surface area contributed by atoms with Crippen LogP contribution in [0.2, 0.25) is 0 Å². The summed E-state index contributed by atoms with van der Waals surface area (Å²) in [4.78, 5) is 21.0. The van der Waals surface area contributed by atoms with Gasteiger partial charge in [-0.1, -0.05) is 0 Å². The molecule has 0 atom stereocenters. The Labute approximate surface area is 150 Å². The lowest BCUT2D eigenvalue weighted by atomic mass is 9.93. The number of rotatable bonds is 3. The summed E-state index contributed by atoms with van der Waals surface area (Å²) in [5.41, 5.74) is 0.960. The Hall–Kier alpha value is -1.04. The van der Waals surface area contributed by atoms with Gasteiger partial charge in [0.1, 0.15) is 0 Å². The summed E-state index contributed by atoms with van der Waals surface area (Å²) in [5.74, 6) is 1.87. The van der Waals surface area contributed by atoms with Gasteiger partial charge >= 0.3 is 0 Å². The van der Waals surface area contributed by atoms with Crippen molar-refractivity contribution in [3.8, 4) is 0 Å². The van der Waals surface area contributed by atoms with Crippen LogP contribution in [0.1, 0.15) is 25.7 Å². The fourth-order valence-electron chi connectivity index (χ4n) is 3.26. The largest absolute Gasteiger partial charge is 0.356 e. The molecule has 1 aromatic heterocycles. The number of halogens is 2. The normalized spacial score (nSPS) is 17.8. The van der Waals surface area contributed by atoms with E-state index in [0.29, 0.717) is 12.3 Å². The number of fused-ring (bicyclic) bond motifs is 1. The zero-order valence-corrected chi connectivity index (χ0v) is 15.2. The lowest BCUT2D eigenvalue weighted by Crippen LogP contribution is -2.43. The lowest BCUT2D eigenvalue weighted by molar-refractivity contribution is -0.119. The molecule has 0 spiro atoms. The number of carbonyl (C=O) groups is 1. The van der Waals surface area contributed by atoms with E-state index in [1.807, 2.05) is 24.1 Å². The van der Waals surface area contributed by atoms with Crippen LogP contribution < -0.4 is 15.1 Å². The molecule has 1 fully saturated rings. The van der Waals surface area contributed by atoms with Gasteiger partial charge in [0.05, 0.1) is 5.69 Å². The molecule has 1 aromatic rings. The third kappa shape index (κ3) is 4.72. The van der Waals surface area contributed by atoms with Crippen molar-refractivity contribution in [1.29, 1.82) is 0 Å². The number of likely N-dealkylation sites (N-methyl/N-ethyl adjacent to an activating group) is 1. The Bertz CT molecular complexity index is 509. The molecule has 1 saturated heterocycles. The van der Waals surface area contributed by atoms with Crippen molar-refractivity contribution in [3.05, 3.63) is 18.3 Å². The first-order chi connectivity index (χ1) is 10.3. The van der Waals surface area contributed by atoms with Crippen molar-refractivity contribution >= 4 is 42.2 Å². The van der Waals surface area contributed by atoms with E-state index in [9.17, 15) is 4.79 Å². The van der Waals surface area contributed by atoms with Gasteiger partial charge < -0.3 is 15.1 Å².